The molecule has 1 aromatic rings. The third-order valence-corrected chi connectivity index (χ3v) is 3.44. The van der Waals surface area contributed by atoms with E-state index < -0.39 is 5.97 Å². The number of rotatable bonds is 5. The highest BCUT2D eigenvalue weighted by Crippen LogP contribution is 2.21. The Hall–Kier alpha value is -1.56. The Bertz CT molecular complexity index is 452. The van der Waals surface area contributed by atoms with Crippen LogP contribution in [0.1, 0.15) is 41.6 Å². The fraction of sp³-hybridized carbons (Fsp3) is 0.462. The molecular formula is C13H18N2O3S. The molecule has 1 aromatic heterocycles. The molecule has 0 spiro atoms. The van der Waals surface area contributed by atoms with Crippen LogP contribution in [0.25, 0.3) is 0 Å². The Kier molecular flexibility index (Phi) is 5.35. The highest BCUT2D eigenvalue weighted by atomic mass is 32.2. The van der Waals surface area contributed by atoms with Gasteiger partial charge in [-0.2, -0.15) is 11.8 Å². The lowest BCUT2D eigenvalue weighted by molar-refractivity contribution is 0.0689. The molecule has 0 aromatic carbocycles. The highest BCUT2D eigenvalue weighted by molar-refractivity contribution is 8.00. The van der Waals surface area contributed by atoms with Gasteiger partial charge in [-0.15, -0.1) is 0 Å². The highest BCUT2D eigenvalue weighted by Gasteiger charge is 2.11. The topological polar surface area (TPSA) is 79.3 Å². The molecular weight excluding hydrogens is 264 g/mol. The van der Waals surface area contributed by atoms with Crippen LogP contribution in [-0.4, -0.2) is 39.0 Å². The van der Waals surface area contributed by atoms with E-state index in [1.165, 1.54) is 18.3 Å². The molecule has 0 radical (unpaired) electrons. The molecule has 104 valence electrons. The number of pyridine rings is 1. The number of aromatic nitrogens is 1. The van der Waals surface area contributed by atoms with Gasteiger partial charge in [0.2, 0.25) is 0 Å². The van der Waals surface area contributed by atoms with Crippen LogP contribution in [0.2, 0.25) is 0 Å². The smallest absolute Gasteiger partial charge is 0.354 e. The molecule has 0 aliphatic heterocycles. The lowest BCUT2D eigenvalue weighted by Gasteiger charge is -2.17. The van der Waals surface area contributed by atoms with Gasteiger partial charge in [-0.3, -0.25) is 4.79 Å². The van der Waals surface area contributed by atoms with E-state index >= 15 is 0 Å². The molecule has 1 rings (SSSR count). The number of carbonyl (C=O) groups excluding carboxylic acids is 1. The van der Waals surface area contributed by atoms with E-state index in [9.17, 15) is 9.59 Å². The van der Waals surface area contributed by atoms with Crippen molar-refractivity contribution in [1.29, 1.82) is 0 Å². The van der Waals surface area contributed by atoms with Gasteiger partial charge in [-0.1, -0.05) is 20.8 Å². The van der Waals surface area contributed by atoms with E-state index in [1.54, 1.807) is 11.8 Å². The third kappa shape index (κ3) is 5.74. The van der Waals surface area contributed by atoms with Crippen molar-refractivity contribution >= 4 is 23.6 Å². The molecule has 0 fully saturated rings. The van der Waals surface area contributed by atoms with Crippen molar-refractivity contribution in [3.8, 4) is 0 Å². The number of carboxylic acids is 1. The van der Waals surface area contributed by atoms with Crippen molar-refractivity contribution in [2.75, 3.05) is 12.3 Å². The minimum absolute atomic E-state index is 0.0696. The average molecular weight is 282 g/mol. The molecule has 0 aliphatic carbocycles. The standard InChI is InChI=1S/C13H18N2O3S/c1-13(2,3)19-7-6-14-11(16)9-4-5-10(12(17)18)15-8-9/h4-5,8H,6-7H2,1-3H3,(H,14,16)(H,17,18). The van der Waals surface area contributed by atoms with Gasteiger partial charge in [-0.25, -0.2) is 9.78 Å². The summed E-state index contributed by atoms with van der Waals surface area (Å²) in [6.07, 6.45) is 1.27. The van der Waals surface area contributed by atoms with Crippen LogP contribution in [0.3, 0.4) is 0 Å². The zero-order valence-electron chi connectivity index (χ0n) is 11.3. The summed E-state index contributed by atoms with van der Waals surface area (Å²) in [5, 5.41) is 11.5. The minimum Gasteiger partial charge on any atom is -0.477 e. The van der Waals surface area contributed by atoms with Gasteiger partial charge in [0.05, 0.1) is 5.56 Å². The average Bonchev–Trinajstić information content (AvgIpc) is 2.33. The first-order chi connectivity index (χ1) is 8.79. The summed E-state index contributed by atoms with van der Waals surface area (Å²) >= 11 is 1.77. The lowest BCUT2D eigenvalue weighted by atomic mass is 10.2. The van der Waals surface area contributed by atoms with E-state index in [4.69, 9.17) is 5.11 Å². The van der Waals surface area contributed by atoms with Crippen molar-refractivity contribution in [1.82, 2.24) is 10.3 Å². The SMILES string of the molecule is CC(C)(C)SCCNC(=O)c1ccc(C(=O)O)nc1. The van der Waals surface area contributed by atoms with Gasteiger partial charge in [0.25, 0.3) is 5.91 Å². The first-order valence-corrected chi connectivity index (χ1v) is 6.89. The number of carbonyl (C=O) groups is 2. The number of thioether (sulfide) groups is 1. The molecule has 5 nitrogen and oxygen atoms in total. The van der Waals surface area contributed by atoms with E-state index in [2.05, 4.69) is 31.1 Å². The number of hydrogen-bond acceptors (Lipinski definition) is 4. The van der Waals surface area contributed by atoms with Crippen LogP contribution in [-0.2, 0) is 0 Å². The number of hydrogen-bond donors (Lipinski definition) is 2. The summed E-state index contributed by atoms with van der Waals surface area (Å²) in [4.78, 5) is 26.1. The summed E-state index contributed by atoms with van der Waals surface area (Å²) in [6, 6.07) is 2.78. The Morgan fingerprint density at radius 1 is 1.37 bits per heavy atom. The molecule has 0 atom stereocenters. The number of nitrogens with zero attached hydrogens (tertiary/aromatic N) is 1. The maximum atomic E-state index is 11.7. The molecule has 0 saturated heterocycles. The van der Waals surface area contributed by atoms with Crippen molar-refractivity contribution in [3.63, 3.8) is 0 Å². The summed E-state index contributed by atoms with van der Waals surface area (Å²) < 4.78 is 0.176. The van der Waals surface area contributed by atoms with Gasteiger partial charge >= 0.3 is 5.97 Å². The molecule has 0 unspecified atom stereocenters. The molecule has 2 N–H and O–H groups in total. The number of aromatic carboxylic acids is 1. The Morgan fingerprint density at radius 2 is 2.05 bits per heavy atom. The predicted molar refractivity (Wildman–Crippen MR) is 75.7 cm³/mol. The van der Waals surface area contributed by atoms with Crippen molar-refractivity contribution < 1.29 is 14.7 Å². The summed E-state index contributed by atoms with van der Waals surface area (Å²) in [5.74, 6) is -0.511. The zero-order chi connectivity index (χ0) is 14.5. The van der Waals surface area contributed by atoms with Gasteiger partial charge in [0.15, 0.2) is 0 Å². The number of nitrogens with one attached hydrogen (secondary N) is 1. The van der Waals surface area contributed by atoms with Crippen molar-refractivity contribution in [3.05, 3.63) is 29.6 Å². The van der Waals surface area contributed by atoms with Gasteiger partial charge in [0, 0.05) is 23.2 Å². The van der Waals surface area contributed by atoms with Crippen LogP contribution in [0, 0.1) is 0 Å². The second-order valence-electron chi connectivity index (χ2n) is 4.95. The van der Waals surface area contributed by atoms with Crippen LogP contribution in [0.5, 0.6) is 0 Å². The Balaban J connectivity index is 2.43. The van der Waals surface area contributed by atoms with E-state index in [0.717, 1.165) is 5.75 Å². The van der Waals surface area contributed by atoms with Gasteiger partial charge in [-0.05, 0) is 12.1 Å². The zero-order valence-corrected chi connectivity index (χ0v) is 12.1. The molecule has 6 heteroatoms. The quantitative estimate of drug-likeness (QED) is 0.808. The maximum absolute atomic E-state index is 11.7. The fourth-order valence-electron chi connectivity index (χ4n) is 1.28. The van der Waals surface area contributed by atoms with Crippen LogP contribution >= 0.6 is 11.8 Å². The Labute approximate surface area is 116 Å². The van der Waals surface area contributed by atoms with E-state index in [-0.39, 0.29) is 16.3 Å². The molecule has 1 heterocycles. The van der Waals surface area contributed by atoms with Crippen LogP contribution in [0.4, 0.5) is 0 Å². The van der Waals surface area contributed by atoms with E-state index in [0.29, 0.717) is 12.1 Å². The number of amides is 1. The minimum atomic E-state index is -1.10. The van der Waals surface area contributed by atoms with Gasteiger partial charge < -0.3 is 10.4 Å². The van der Waals surface area contributed by atoms with Crippen LogP contribution < -0.4 is 5.32 Å². The van der Waals surface area contributed by atoms with E-state index in [1.807, 2.05) is 0 Å². The monoisotopic (exact) mass is 282 g/mol. The summed E-state index contributed by atoms with van der Waals surface area (Å²) in [5.41, 5.74) is 0.297. The molecule has 0 bridgehead atoms. The first-order valence-electron chi connectivity index (χ1n) is 5.91. The molecule has 0 aliphatic rings. The largest absolute Gasteiger partial charge is 0.477 e. The second-order valence-corrected chi connectivity index (χ2v) is 6.88. The number of carboxylic acid groups (broad SMARTS) is 1. The van der Waals surface area contributed by atoms with Crippen molar-refractivity contribution in [2.45, 2.75) is 25.5 Å². The Morgan fingerprint density at radius 3 is 2.53 bits per heavy atom. The van der Waals surface area contributed by atoms with Crippen molar-refractivity contribution in [2.24, 2.45) is 0 Å². The first kappa shape index (κ1) is 15.5. The summed E-state index contributed by atoms with van der Waals surface area (Å²) in [6.45, 7) is 6.93. The maximum Gasteiger partial charge on any atom is 0.354 e. The second kappa shape index (κ2) is 6.56. The lowest BCUT2D eigenvalue weighted by Crippen LogP contribution is -2.27. The van der Waals surface area contributed by atoms with Crippen LogP contribution in [0.15, 0.2) is 18.3 Å². The third-order valence-electron chi connectivity index (χ3n) is 2.17. The predicted octanol–water partition coefficient (Wildman–Crippen LogP) is 2.04. The molecule has 19 heavy (non-hydrogen) atoms. The molecule has 1 amide bonds. The fourth-order valence-corrected chi connectivity index (χ4v) is 2.10. The summed E-state index contributed by atoms with van der Waals surface area (Å²) in [7, 11) is 0. The molecule has 0 saturated carbocycles. The van der Waals surface area contributed by atoms with Gasteiger partial charge in [0.1, 0.15) is 5.69 Å². The normalized spacial score (nSPS) is 11.1.